The number of nitrogens with zero attached hydrogens (tertiary/aromatic N) is 1. The quantitative estimate of drug-likeness (QED) is 0.699. The summed E-state index contributed by atoms with van der Waals surface area (Å²) in [6.07, 6.45) is 0.852. The molecule has 0 bridgehead atoms. The molecule has 0 saturated carbocycles. The topological polar surface area (TPSA) is 57.6 Å². The minimum absolute atomic E-state index is 0.0704. The molecule has 0 aromatic rings. The van der Waals surface area contributed by atoms with Crippen LogP contribution in [0, 0.1) is 11.8 Å². The van der Waals surface area contributed by atoms with E-state index < -0.39 is 11.9 Å². The zero-order chi connectivity index (χ0) is 10.0. The van der Waals surface area contributed by atoms with Crippen molar-refractivity contribution in [3.63, 3.8) is 0 Å². The van der Waals surface area contributed by atoms with E-state index in [1.807, 2.05) is 6.92 Å². The number of carboxylic acid groups (broad SMARTS) is 1. The smallest absolute Gasteiger partial charge is 0.308 e. The molecular weight excluding hydrogens is 170 g/mol. The molecule has 4 nitrogen and oxygen atoms in total. The molecule has 0 aromatic carbocycles. The van der Waals surface area contributed by atoms with Gasteiger partial charge in [0.05, 0.1) is 5.92 Å². The first-order chi connectivity index (χ1) is 6.02. The Balaban J connectivity index is 2.47. The number of likely N-dealkylation sites (tertiary alicyclic amines) is 1. The van der Waals surface area contributed by atoms with E-state index in [1.54, 1.807) is 11.8 Å². The van der Waals surface area contributed by atoms with Crippen molar-refractivity contribution in [2.75, 3.05) is 13.1 Å². The van der Waals surface area contributed by atoms with Gasteiger partial charge in [-0.2, -0.15) is 0 Å². The molecule has 1 N–H and O–H groups in total. The van der Waals surface area contributed by atoms with Crippen molar-refractivity contribution in [3.05, 3.63) is 0 Å². The first kappa shape index (κ1) is 10.0. The predicted octanol–water partition coefficient (Wildman–Crippen LogP) is 0.575. The lowest BCUT2D eigenvalue weighted by molar-refractivity contribution is -0.142. The van der Waals surface area contributed by atoms with E-state index >= 15 is 0 Å². The Kier molecular flexibility index (Phi) is 2.90. The van der Waals surface area contributed by atoms with Gasteiger partial charge in [0.1, 0.15) is 0 Å². The molecule has 1 saturated heterocycles. The summed E-state index contributed by atoms with van der Waals surface area (Å²) in [5.41, 5.74) is 0. The lowest BCUT2D eigenvalue weighted by atomic mass is 10.1. The predicted molar refractivity (Wildman–Crippen MR) is 47.2 cm³/mol. The van der Waals surface area contributed by atoms with Gasteiger partial charge >= 0.3 is 5.97 Å². The van der Waals surface area contributed by atoms with Gasteiger partial charge in [0, 0.05) is 19.0 Å². The molecule has 1 amide bonds. The molecule has 4 heteroatoms. The molecule has 2 unspecified atom stereocenters. The van der Waals surface area contributed by atoms with Crippen LogP contribution in [-0.4, -0.2) is 35.0 Å². The Bertz CT molecular complexity index is 227. The number of amides is 1. The van der Waals surface area contributed by atoms with Crippen molar-refractivity contribution in [2.45, 2.75) is 20.3 Å². The van der Waals surface area contributed by atoms with Crippen LogP contribution in [0.15, 0.2) is 0 Å². The van der Waals surface area contributed by atoms with E-state index in [4.69, 9.17) is 5.11 Å². The molecule has 1 rings (SSSR count). The number of carboxylic acids is 1. The Morgan fingerprint density at radius 1 is 1.77 bits per heavy atom. The van der Waals surface area contributed by atoms with Crippen LogP contribution in [0.25, 0.3) is 0 Å². The third-order valence-corrected chi connectivity index (χ3v) is 2.48. The molecule has 1 heterocycles. The van der Waals surface area contributed by atoms with Crippen molar-refractivity contribution >= 4 is 11.9 Å². The third-order valence-electron chi connectivity index (χ3n) is 2.48. The number of aliphatic carboxylic acids is 1. The Hall–Kier alpha value is -1.06. The van der Waals surface area contributed by atoms with Crippen LogP contribution < -0.4 is 0 Å². The van der Waals surface area contributed by atoms with Gasteiger partial charge in [0.25, 0.3) is 0 Å². The number of hydrogen-bond donors (Lipinski definition) is 1. The second kappa shape index (κ2) is 3.77. The van der Waals surface area contributed by atoms with Crippen LogP contribution in [-0.2, 0) is 9.59 Å². The summed E-state index contributed by atoms with van der Waals surface area (Å²) in [7, 11) is 0. The average molecular weight is 185 g/mol. The number of carbonyl (C=O) groups is 2. The van der Waals surface area contributed by atoms with E-state index in [1.165, 1.54) is 0 Å². The highest BCUT2D eigenvalue weighted by Gasteiger charge is 2.29. The Morgan fingerprint density at radius 2 is 2.38 bits per heavy atom. The zero-order valence-electron chi connectivity index (χ0n) is 7.99. The van der Waals surface area contributed by atoms with Gasteiger partial charge in [0.2, 0.25) is 5.91 Å². The maximum absolute atomic E-state index is 11.4. The minimum Gasteiger partial charge on any atom is -0.481 e. The maximum Gasteiger partial charge on any atom is 0.308 e. The SMILES string of the molecule is CC(CN1CCC(C)C1=O)C(=O)O. The van der Waals surface area contributed by atoms with E-state index in [2.05, 4.69) is 0 Å². The van der Waals surface area contributed by atoms with Crippen molar-refractivity contribution in [1.29, 1.82) is 0 Å². The Morgan fingerprint density at radius 3 is 2.77 bits per heavy atom. The summed E-state index contributed by atoms with van der Waals surface area (Å²) in [6, 6.07) is 0. The molecule has 13 heavy (non-hydrogen) atoms. The highest BCUT2D eigenvalue weighted by atomic mass is 16.4. The van der Waals surface area contributed by atoms with Gasteiger partial charge in [-0.05, 0) is 6.42 Å². The van der Waals surface area contributed by atoms with Crippen molar-refractivity contribution in [1.82, 2.24) is 4.90 Å². The van der Waals surface area contributed by atoms with Gasteiger partial charge in [-0.15, -0.1) is 0 Å². The number of carbonyl (C=O) groups excluding carboxylic acids is 1. The lowest BCUT2D eigenvalue weighted by Gasteiger charge is -2.18. The molecule has 1 aliphatic rings. The molecule has 2 atom stereocenters. The molecule has 0 spiro atoms. The fourth-order valence-corrected chi connectivity index (χ4v) is 1.48. The first-order valence-electron chi connectivity index (χ1n) is 4.54. The van der Waals surface area contributed by atoms with Gasteiger partial charge in [-0.25, -0.2) is 0 Å². The molecular formula is C9H15NO3. The molecule has 0 aliphatic carbocycles. The van der Waals surface area contributed by atoms with Crippen LogP contribution in [0.2, 0.25) is 0 Å². The fraction of sp³-hybridized carbons (Fsp3) is 0.778. The van der Waals surface area contributed by atoms with Crippen LogP contribution in [0.3, 0.4) is 0 Å². The summed E-state index contributed by atoms with van der Waals surface area (Å²) in [5.74, 6) is -1.14. The minimum atomic E-state index is -0.840. The number of hydrogen-bond acceptors (Lipinski definition) is 2. The summed E-state index contributed by atoms with van der Waals surface area (Å²) in [4.78, 5) is 23.6. The van der Waals surface area contributed by atoms with Gasteiger partial charge in [-0.3, -0.25) is 9.59 Å². The highest BCUT2D eigenvalue weighted by molar-refractivity contribution is 5.81. The maximum atomic E-state index is 11.4. The molecule has 74 valence electrons. The van der Waals surface area contributed by atoms with Gasteiger partial charge < -0.3 is 10.0 Å². The first-order valence-corrected chi connectivity index (χ1v) is 4.54. The molecule has 0 radical (unpaired) electrons. The van der Waals surface area contributed by atoms with Crippen LogP contribution in [0.4, 0.5) is 0 Å². The largest absolute Gasteiger partial charge is 0.481 e. The standard InChI is InChI=1S/C9H15NO3/c1-6-3-4-10(8(6)11)5-7(2)9(12)13/h6-7H,3-5H2,1-2H3,(H,12,13). The van der Waals surface area contributed by atoms with Crippen molar-refractivity contribution in [2.24, 2.45) is 11.8 Å². The van der Waals surface area contributed by atoms with E-state index in [0.29, 0.717) is 13.1 Å². The average Bonchev–Trinajstić information content (AvgIpc) is 2.36. The second-order valence-electron chi connectivity index (χ2n) is 3.71. The second-order valence-corrected chi connectivity index (χ2v) is 3.71. The normalized spacial score (nSPS) is 24.9. The summed E-state index contributed by atoms with van der Waals surface area (Å²) in [5, 5.41) is 8.66. The van der Waals surface area contributed by atoms with Crippen LogP contribution in [0.1, 0.15) is 20.3 Å². The van der Waals surface area contributed by atoms with Crippen molar-refractivity contribution < 1.29 is 14.7 Å². The van der Waals surface area contributed by atoms with E-state index in [9.17, 15) is 9.59 Å². The molecule has 0 aromatic heterocycles. The lowest BCUT2D eigenvalue weighted by Crippen LogP contribution is -2.33. The van der Waals surface area contributed by atoms with Gasteiger partial charge in [0.15, 0.2) is 0 Å². The third kappa shape index (κ3) is 2.20. The van der Waals surface area contributed by atoms with Crippen LogP contribution >= 0.6 is 0 Å². The van der Waals surface area contributed by atoms with E-state index in [-0.39, 0.29) is 11.8 Å². The Labute approximate surface area is 77.5 Å². The molecule has 1 fully saturated rings. The fourth-order valence-electron chi connectivity index (χ4n) is 1.48. The number of rotatable bonds is 3. The van der Waals surface area contributed by atoms with E-state index in [0.717, 1.165) is 6.42 Å². The summed E-state index contributed by atoms with van der Waals surface area (Å²) < 4.78 is 0. The van der Waals surface area contributed by atoms with Crippen molar-refractivity contribution in [3.8, 4) is 0 Å². The monoisotopic (exact) mass is 185 g/mol. The summed E-state index contributed by atoms with van der Waals surface area (Å²) >= 11 is 0. The summed E-state index contributed by atoms with van der Waals surface area (Å²) in [6.45, 7) is 4.56. The zero-order valence-corrected chi connectivity index (χ0v) is 7.99. The highest BCUT2D eigenvalue weighted by Crippen LogP contribution is 2.18. The molecule has 1 aliphatic heterocycles. The van der Waals surface area contributed by atoms with Gasteiger partial charge in [-0.1, -0.05) is 13.8 Å². The van der Waals surface area contributed by atoms with Crippen LogP contribution in [0.5, 0.6) is 0 Å².